The standard InChI is InChI=1S/C20H16N2O/c1-13-15(9-5-10-16(13)20(22)23)19(12-21)18-11-4-7-14-6-2-3-8-17(14)18/h2-11,19H,1H3,(H2,22,23). The van der Waals surface area contributed by atoms with Crippen LogP contribution in [-0.2, 0) is 0 Å². The predicted octanol–water partition coefficient (Wildman–Crippen LogP) is 3.90. The Hall–Kier alpha value is -3.12. The molecule has 0 aliphatic carbocycles. The molecule has 2 N–H and O–H groups in total. The fraction of sp³-hybridized carbons (Fsp3) is 0.100. The van der Waals surface area contributed by atoms with Gasteiger partial charge in [-0.1, -0.05) is 54.6 Å². The molecule has 0 aliphatic rings. The van der Waals surface area contributed by atoms with Crippen LogP contribution in [0.2, 0.25) is 0 Å². The van der Waals surface area contributed by atoms with Crippen molar-refractivity contribution in [2.75, 3.05) is 0 Å². The molecule has 0 fully saturated rings. The molecule has 23 heavy (non-hydrogen) atoms. The number of rotatable bonds is 3. The van der Waals surface area contributed by atoms with Gasteiger partial charge in [0.1, 0.15) is 0 Å². The van der Waals surface area contributed by atoms with Gasteiger partial charge >= 0.3 is 0 Å². The SMILES string of the molecule is Cc1c(C(N)=O)cccc1C(C#N)c1cccc2ccccc12. The number of nitrogens with zero attached hydrogens (tertiary/aromatic N) is 1. The summed E-state index contributed by atoms with van der Waals surface area (Å²) in [6.07, 6.45) is 0. The number of nitrogens with two attached hydrogens (primary N) is 1. The Morgan fingerprint density at radius 1 is 1.00 bits per heavy atom. The van der Waals surface area contributed by atoms with Crippen LogP contribution >= 0.6 is 0 Å². The van der Waals surface area contributed by atoms with Crippen molar-refractivity contribution >= 4 is 16.7 Å². The summed E-state index contributed by atoms with van der Waals surface area (Å²) in [6.45, 7) is 1.84. The summed E-state index contributed by atoms with van der Waals surface area (Å²) in [5, 5.41) is 11.9. The first-order chi connectivity index (χ1) is 11.1. The minimum Gasteiger partial charge on any atom is -0.366 e. The van der Waals surface area contributed by atoms with Crippen LogP contribution in [0.3, 0.4) is 0 Å². The Labute approximate surface area is 135 Å². The Bertz CT molecular complexity index is 933. The van der Waals surface area contributed by atoms with Gasteiger partial charge in [-0.2, -0.15) is 5.26 Å². The molecule has 3 rings (SSSR count). The lowest BCUT2D eigenvalue weighted by atomic mass is 9.85. The number of benzene rings is 3. The molecule has 3 aromatic rings. The maximum absolute atomic E-state index is 11.6. The van der Waals surface area contributed by atoms with Gasteiger partial charge in [-0.25, -0.2) is 0 Å². The maximum Gasteiger partial charge on any atom is 0.248 e. The summed E-state index contributed by atoms with van der Waals surface area (Å²) >= 11 is 0. The number of hydrogen-bond donors (Lipinski definition) is 1. The lowest BCUT2D eigenvalue weighted by Gasteiger charge is -2.16. The van der Waals surface area contributed by atoms with E-state index in [0.29, 0.717) is 5.56 Å². The summed E-state index contributed by atoms with van der Waals surface area (Å²) < 4.78 is 0. The van der Waals surface area contributed by atoms with Gasteiger partial charge < -0.3 is 5.73 Å². The lowest BCUT2D eigenvalue weighted by Crippen LogP contribution is -2.14. The second-order valence-corrected chi connectivity index (χ2v) is 5.51. The number of carbonyl (C=O) groups excluding carboxylic acids is 1. The molecule has 0 heterocycles. The van der Waals surface area contributed by atoms with E-state index >= 15 is 0 Å². The van der Waals surface area contributed by atoms with Crippen molar-refractivity contribution in [1.82, 2.24) is 0 Å². The van der Waals surface area contributed by atoms with Gasteiger partial charge in [0.05, 0.1) is 12.0 Å². The van der Waals surface area contributed by atoms with Gasteiger partial charge in [0.15, 0.2) is 0 Å². The minimum absolute atomic E-state index is 0.444. The number of nitriles is 1. The zero-order valence-corrected chi connectivity index (χ0v) is 12.8. The van der Waals surface area contributed by atoms with E-state index in [2.05, 4.69) is 6.07 Å². The third-order valence-corrected chi connectivity index (χ3v) is 4.22. The second kappa shape index (κ2) is 5.94. The Balaban J connectivity index is 2.23. The smallest absolute Gasteiger partial charge is 0.248 e. The van der Waals surface area contributed by atoms with E-state index in [0.717, 1.165) is 27.5 Å². The van der Waals surface area contributed by atoms with E-state index in [1.165, 1.54) is 0 Å². The molecule has 1 atom stereocenters. The van der Waals surface area contributed by atoms with E-state index in [1.54, 1.807) is 12.1 Å². The monoisotopic (exact) mass is 300 g/mol. The summed E-state index contributed by atoms with van der Waals surface area (Å²) in [7, 11) is 0. The quantitative estimate of drug-likeness (QED) is 0.797. The highest BCUT2D eigenvalue weighted by Crippen LogP contribution is 2.32. The molecular formula is C20H16N2O. The Morgan fingerprint density at radius 2 is 1.65 bits per heavy atom. The topological polar surface area (TPSA) is 66.9 Å². The van der Waals surface area contributed by atoms with E-state index in [1.807, 2.05) is 55.5 Å². The molecule has 3 nitrogen and oxygen atoms in total. The zero-order chi connectivity index (χ0) is 16.4. The number of primary amides is 1. The highest BCUT2D eigenvalue weighted by Gasteiger charge is 2.20. The summed E-state index contributed by atoms with van der Waals surface area (Å²) in [6, 6.07) is 21.7. The average Bonchev–Trinajstić information content (AvgIpc) is 2.57. The largest absolute Gasteiger partial charge is 0.366 e. The minimum atomic E-state index is -0.473. The third-order valence-electron chi connectivity index (χ3n) is 4.22. The van der Waals surface area contributed by atoms with Gasteiger partial charge in [0.2, 0.25) is 5.91 Å². The lowest BCUT2D eigenvalue weighted by molar-refractivity contribution is 0.0999. The molecule has 0 aromatic heterocycles. The van der Waals surface area contributed by atoms with E-state index in [9.17, 15) is 10.1 Å². The normalized spacial score (nSPS) is 11.8. The third kappa shape index (κ3) is 2.56. The van der Waals surface area contributed by atoms with Gasteiger partial charge in [-0.3, -0.25) is 4.79 Å². The first-order valence-electron chi connectivity index (χ1n) is 7.40. The Morgan fingerprint density at radius 3 is 2.39 bits per heavy atom. The molecule has 0 aliphatic heterocycles. The molecule has 3 aromatic carbocycles. The van der Waals surface area contributed by atoms with Crippen LogP contribution in [0.15, 0.2) is 60.7 Å². The first kappa shape index (κ1) is 14.8. The van der Waals surface area contributed by atoms with Crippen molar-refractivity contribution in [2.45, 2.75) is 12.8 Å². The van der Waals surface area contributed by atoms with Gasteiger partial charge in [0, 0.05) is 5.56 Å². The van der Waals surface area contributed by atoms with Crippen LogP contribution in [0.4, 0.5) is 0 Å². The predicted molar refractivity (Wildman–Crippen MR) is 91.1 cm³/mol. The first-order valence-corrected chi connectivity index (χ1v) is 7.40. The molecule has 0 bridgehead atoms. The fourth-order valence-electron chi connectivity index (χ4n) is 3.04. The van der Waals surface area contributed by atoms with Gasteiger partial charge in [-0.05, 0) is 40.5 Å². The molecule has 112 valence electrons. The number of hydrogen-bond acceptors (Lipinski definition) is 2. The van der Waals surface area contributed by atoms with Crippen molar-refractivity contribution in [3.63, 3.8) is 0 Å². The number of fused-ring (bicyclic) bond motifs is 1. The van der Waals surface area contributed by atoms with Crippen LogP contribution in [-0.4, -0.2) is 5.91 Å². The van der Waals surface area contributed by atoms with E-state index in [-0.39, 0.29) is 0 Å². The van der Waals surface area contributed by atoms with Crippen molar-refractivity contribution in [2.24, 2.45) is 5.73 Å². The van der Waals surface area contributed by atoms with Crippen molar-refractivity contribution in [3.05, 3.63) is 82.9 Å². The molecule has 1 unspecified atom stereocenters. The van der Waals surface area contributed by atoms with E-state index < -0.39 is 11.8 Å². The maximum atomic E-state index is 11.6. The number of amides is 1. The van der Waals surface area contributed by atoms with Crippen molar-refractivity contribution < 1.29 is 4.79 Å². The summed E-state index contributed by atoms with van der Waals surface area (Å²) in [4.78, 5) is 11.6. The number of carbonyl (C=O) groups is 1. The highest BCUT2D eigenvalue weighted by atomic mass is 16.1. The molecule has 0 saturated carbocycles. The van der Waals surface area contributed by atoms with Crippen molar-refractivity contribution in [3.8, 4) is 6.07 Å². The summed E-state index contributed by atoms with van der Waals surface area (Å²) in [5.41, 5.74) is 8.42. The average molecular weight is 300 g/mol. The van der Waals surface area contributed by atoms with E-state index in [4.69, 9.17) is 5.73 Å². The highest BCUT2D eigenvalue weighted by molar-refractivity contribution is 5.95. The van der Waals surface area contributed by atoms with Crippen LogP contribution < -0.4 is 5.73 Å². The van der Waals surface area contributed by atoms with Crippen LogP contribution in [0.5, 0.6) is 0 Å². The zero-order valence-electron chi connectivity index (χ0n) is 12.8. The molecule has 0 saturated heterocycles. The second-order valence-electron chi connectivity index (χ2n) is 5.51. The van der Waals surface area contributed by atoms with Crippen LogP contribution in [0.25, 0.3) is 10.8 Å². The van der Waals surface area contributed by atoms with Gasteiger partial charge in [-0.15, -0.1) is 0 Å². The van der Waals surface area contributed by atoms with Crippen LogP contribution in [0.1, 0.15) is 33.0 Å². The molecule has 0 spiro atoms. The molecule has 3 heteroatoms. The molecule has 0 radical (unpaired) electrons. The molecular weight excluding hydrogens is 284 g/mol. The fourth-order valence-corrected chi connectivity index (χ4v) is 3.04. The molecule has 1 amide bonds. The Kier molecular flexibility index (Phi) is 3.82. The van der Waals surface area contributed by atoms with Gasteiger partial charge in [0.25, 0.3) is 0 Å². The van der Waals surface area contributed by atoms with Crippen molar-refractivity contribution in [1.29, 1.82) is 5.26 Å². The summed E-state index contributed by atoms with van der Waals surface area (Å²) in [5.74, 6) is -0.917. The van der Waals surface area contributed by atoms with Crippen LogP contribution in [0, 0.1) is 18.3 Å².